The molecule has 7 heteroatoms. The van der Waals surface area contributed by atoms with Gasteiger partial charge in [-0.05, 0) is 25.3 Å². The van der Waals surface area contributed by atoms with E-state index in [4.69, 9.17) is 4.74 Å². The van der Waals surface area contributed by atoms with Gasteiger partial charge in [-0.3, -0.25) is 9.48 Å². The van der Waals surface area contributed by atoms with Gasteiger partial charge >= 0.3 is 0 Å². The number of nitrogens with zero attached hydrogens (tertiary/aromatic N) is 4. The van der Waals surface area contributed by atoms with Crippen molar-refractivity contribution >= 4 is 17.2 Å². The minimum atomic E-state index is 0.00665. The van der Waals surface area contributed by atoms with Gasteiger partial charge in [-0.15, -0.1) is 11.3 Å². The summed E-state index contributed by atoms with van der Waals surface area (Å²) in [6.07, 6.45) is 5.94. The molecule has 0 radical (unpaired) electrons. The molecule has 1 amide bonds. The summed E-state index contributed by atoms with van der Waals surface area (Å²) in [6.45, 7) is 3.96. The average Bonchev–Trinajstić information content (AvgIpc) is 3.16. The van der Waals surface area contributed by atoms with Gasteiger partial charge in [-0.1, -0.05) is 0 Å². The first-order chi connectivity index (χ1) is 10.7. The van der Waals surface area contributed by atoms with E-state index in [1.165, 1.54) is 11.3 Å². The van der Waals surface area contributed by atoms with Crippen molar-refractivity contribution in [1.29, 1.82) is 0 Å². The molecule has 2 aromatic heterocycles. The minimum Gasteiger partial charge on any atom is -0.378 e. The highest BCUT2D eigenvalue weighted by atomic mass is 32.1. The van der Waals surface area contributed by atoms with E-state index in [1.54, 1.807) is 7.11 Å². The summed E-state index contributed by atoms with van der Waals surface area (Å²) >= 11 is 1.47. The van der Waals surface area contributed by atoms with E-state index >= 15 is 0 Å². The molecule has 1 aliphatic rings. The molecule has 0 N–H and O–H groups in total. The molecule has 0 spiro atoms. The Bertz CT molecular complexity index is 652. The molecular weight excluding hydrogens is 300 g/mol. The number of thiazole rings is 1. The number of ether oxygens (including phenoxy) is 1. The fourth-order valence-electron chi connectivity index (χ4n) is 2.75. The van der Waals surface area contributed by atoms with Gasteiger partial charge in [0.25, 0.3) is 5.91 Å². The molecule has 0 bridgehead atoms. The fourth-order valence-corrected chi connectivity index (χ4v) is 3.49. The van der Waals surface area contributed by atoms with Crippen molar-refractivity contribution < 1.29 is 9.53 Å². The SMILES string of the molecule is COCc1nc(C(=O)N2CCCC(n3cc(C)cn3)C2)cs1. The molecule has 3 rings (SSSR count). The Hall–Kier alpha value is -1.73. The summed E-state index contributed by atoms with van der Waals surface area (Å²) in [5.74, 6) is 0.00665. The van der Waals surface area contributed by atoms with Crippen LogP contribution in [0, 0.1) is 6.92 Å². The smallest absolute Gasteiger partial charge is 0.273 e. The van der Waals surface area contributed by atoms with Crippen LogP contribution in [0.2, 0.25) is 0 Å². The van der Waals surface area contributed by atoms with Crippen LogP contribution >= 0.6 is 11.3 Å². The van der Waals surface area contributed by atoms with Crippen molar-refractivity contribution in [3.05, 3.63) is 34.0 Å². The number of methoxy groups -OCH3 is 1. The van der Waals surface area contributed by atoms with Crippen molar-refractivity contribution in [3.63, 3.8) is 0 Å². The molecule has 3 heterocycles. The molecular formula is C15H20N4O2S. The largest absolute Gasteiger partial charge is 0.378 e. The lowest BCUT2D eigenvalue weighted by molar-refractivity contribution is 0.0667. The number of hydrogen-bond donors (Lipinski definition) is 0. The third-order valence-electron chi connectivity index (χ3n) is 3.83. The van der Waals surface area contributed by atoms with Crippen LogP contribution in [0.5, 0.6) is 0 Å². The first kappa shape index (κ1) is 15.2. The van der Waals surface area contributed by atoms with Gasteiger partial charge in [0, 0.05) is 31.8 Å². The van der Waals surface area contributed by atoms with Crippen LogP contribution in [-0.2, 0) is 11.3 Å². The maximum absolute atomic E-state index is 12.6. The van der Waals surface area contributed by atoms with Crippen LogP contribution in [0.3, 0.4) is 0 Å². The maximum atomic E-state index is 12.6. The molecule has 0 saturated carbocycles. The van der Waals surface area contributed by atoms with Gasteiger partial charge in [0.2, 0.25) is 0 Å². The minimum absolute atomic E-state index is 0.00665. The summed E-state index contributed by atoms with van der Waals surface area (Å²) in [6, 6.07) is 0.253. The molecule has 0 aliphatic carbocycles. The van der Waals surface area contributed by atoms with Gasteiger partial charge in [0.15, 0.2) is 0 Å². The number of amides is 1. The average molecular weight is 320 g/mol. The number of rotatable bonds is 4. The lowest BCUT2D eigenvalue weighted by Gasteiger charge is -2.32. The molecule has 1 saturated heterocycles. The Labute approximate surface area is 133 Å². The number of hydrogen-bond acceptors (Lipinski definition) is 5. The van der Waals surface area contributed by atoms with E-state index in [9.17, 15) is 4.79 Å². The molecule has 1 aliphatic heterocycles. The van der Waals surface area contributed by atoms with Crippen molar-refractivity contribution in [2.75, 3.05) is 20.2 Å². The van der Waals surface area contributed by atoms with Gasteiger partial charge < -0.3 is 9.64 Å². The Kier molecular flexibility index (Phi) is 4.54. The van der Waals surface area contributed by atoms with E-state index in [-0.39, 0.29) is 11.9 Å². The van der Waals surface area contributed by atoms with Gasteiger partial charge in [0.05, 0.1) is 18.8 Å². The number of piperidine rings is 1. The highest BCUT2D eigenvalue weighted by molar-refractivity contribution is 7.09. The van der Waals surface area contributed by atoms with Crippen LogP contribution in [0.25, 0.3) is 0 Å². The predicted molar refractivity (Wildman–Crippen MR) is 84.0 cm³/mol. The van der Waals surface area contributed by atoms with Crippen LogP contribution in [0.15, 0.2) is 17.8 Å². The summed E-state index contributed by atoms with van der Waals surface area (Å²) in [5.41, 5.74) is 1.67. The number of likely N-dealkylation sites (tertiary alicyclic amines) is 1. The molecule has 118 valence electrons. The number of aromatic nitrogens is 3. The number of carbonyl (C=O) groups is 1. The second-order valence-corrected chi connectivity index (χ2v) is 6.55. The molecule has 6 nitrogen and oxygen atoms in total. The number of carbonyl (C=O) groups excluding carboxylic acids is 1. The standard InChI is InChI=1S/C15H20N4O2S/c1-11-6-16-19(7-11)12-4-3-5-18(8-12)15(20)13-10-22-14(17-13)9-21-2/h6-7,10,12H,3-5,8-9H2,1-2H3. The second kappa shape index (κ2) is 6.58. The van der Waals surface area contributed by atoms with Crippen molar-refractivity contribution in [1.82, 2.24) is 19.7 Å². The molecule has 1 unspecified atom stereocenters. The zero-order valence-electron chi connectivity index (χ0n) is 12.9. The predicted octanol–water partition coefficient (Wildman–Crippen LogP) is 2.27. The molecule has 0 aromatic carbocycles. The monoisotopic (exact) mass is 320 g/mol. The fraction of sp³-hybridized carbons (Fsp3) is 0.533. The van der Waals surface area contributed by atoms with Crippen LogP contribution < -0.4 is 0 Å². The first-order valence-corrected chi connectivity index (χ1v) is 8.28. The Morgan fingerprint density at radius 1 is 1.55 bits per heavy atom. The lowest BCUT2D eigenvalue weighted by atomic mass is 10.1. The van der Waals surface area contributed by atoms with Crippen molar-refractivity contribution in [2.45, 2.75) is 32.4 Å². The second-order valence-electron chi connectivity index (χ2n) is 5.60. The highest BCUT2D eigenvalue weighted by Gasteiger charge is 2.27. The lowest BCUT2D eigenvalue weighted by Crippen LogP contribution is -2.41. The highest BCUT2D eigenvalue weighted by Crippen LogP contribution is 2.23. The molecule has 22 heavy (non-hydrogen) atoms. The van der Waals surface area contributed by atoms with Crippen molar-refractivity contribution in [2.24, 2.45) is 0 Å². The normalized spacial score (nSPS) is 18.6. The van der Waals surface area contributed by atoms with E-state index < -0.39 is 0 Å². The summed E-state index contributed by atoms with van der Waals surface area (Å²) in [5, 5.41) is 7.04. The third-order valence-corrected chi connectivity index (χ3v) is 4.65. The zero-order chi connectivity index (χ0) is 15.5. The van der Waals surface area contributed by atoms with Crippen LogP contribution in [-0.4, -0.2) is 45.8 Å². The first-order valence-electron chi connectivity index (χ1n) is 7.40. The summed E-state index contributed by atoms with van der Waals surface area (Å²) in [4.78, 5) is 18.8. The van der Waals surface area contributed by atoms with E-state index in [1.807, 2.05) is 34.3 Å². The third kappa shape index (κ3) is 3.20. The van der Waals surface area contributed by atoms with Gasteiger partial charge in [-0.25, -0.2) is 4.98 Å². The van der Waals surface area contributed by atoms with E-state index in [0.717, 1.165) is 30.0 Å². The Morgan fingerprint density at radius 2 is 2.41 bits per heavy atom. The summed E-state index contributed by atoms with van der Waals surface area (Å²) < 4.78 is 7.03. The zero-order valence-corrected chi connectivity index (χ0v) is 13.7. The molecule has 1 atom stereocenters. The molecule has 2 aromatic rings. The Balaban J connectivity index is 1.69. The summed E-state index contributed by atoms with van der Waals surface area (Å²) in [7, 11) is 1.63. The maximum Gasteiger partial charge on any atom is 0.273 e. The van der Waals surface area contributed by atoms with Crippen LogP contribution in [0.4, 0.5) is 0 Å². The quantitative estimate of drug-likeness (QED) is 0.867. The van der Waals surface area contributed by atoms with Crippen LogP contribution in [0.1, 0.15) is 39.9 Å². The topological polar surface area (TPSA) is 60.2 Å². The van der Waals surface area contributed by atoms with Gasteiger partial charge in [0.1, 0.15) is 10.7 Å². The number of aryl methyl sites for hydroxylation is 1. The van der Waals surface area contributed by atoms with E-state index in [2.05, 4.69) is 10.1 Å². The van der Waals surface area contributed by atoms with Crippen molar-refractivity contribution in [3.8, 4) is 0 Å². The van der Waals surface area contributed by atoms with E-state index in [0.29, 0.717) is 18.8 Å². The molecule has 1 fully saturated rings. The Morgan fingerprint density at radius 3 is 3.14 bits per heavy atom. The van der Waals surface area contributed by atoms with Gasteiger partial charge in [-0.2, -0.15) is 5.10 Å².